The molecular formula is C14H20N2O3. The van der Waals surface area contributed by atoms with E-state index in [0.29, 0.717) is 6.04 Å². The molecule has 5 nitrogen and oxygen atoms in total. The number of nitrogens with one attached hydrogen (secondary N) is 2. The van der Waals surface area contributed by atoms with Crippen LogP contribution in [0.5, 0.6) is 11.5 Å². The Morgan fingerprint density at radius 2 is 2.05 bits per heavy atom. The summed E-state index contributed by atoms with van der Waals surface area (Å²) in [5.41, 5.74) is 0.184. The van der Waals surface area contributed by atoms with Crippen LogP contribution in [0.25, 0.3) is 0 Å². The lowest BCUT2D eigenvalue weighted by Gasteiger charge is -2.34. The van der Waals surface area contributed by atoms with Crippen molar-refractivity contribution in [3.8, 4) is 11.5 Å². The van der Waals surface area contributed by atoms with Crippen molar-refractivity contribution in [2.75, 3.05) is 0 Å². The minimum atomic E-state index is -0.314. The average Bonchev–Trinajstić information content (AvgIpc) is 2.32. The van der Waals surface area contributed by atoms with Gasteiger partial charge < -0.3 is 20.8 Å². The third-order valence-electron chi connectivity index (χ3n) is 3.60. The summed E-state index contributed by atoms with van der Waals surface area (Å²) >= 11 is 0. The molecule has 1 aromatic carbocycles. The van der Waals surface area contributed by atoms with Crippen molar-refractivity contribution in [3.05, 3.63) is 23.8 Å². The van der Waals surface area contributed by atoms with E-state index in [9.17, 15) is 15.0 Å². The molecule has 1 amide bonds. The first-order valence-corrected chi connectivity index (χ1v) is 6.56. The van der Waals surface area contributed by atoms with Crippen molar-refractivity contribution in [2.45, 2.75) is 44.8 Å². The summed E-state index contributed by atoms with van der Waals surface area (Å²) in [6.07, 6.45) is 1.93. The second kappa shape index (κ2) is 5.48. The van der Waals surface area contributed by atoms with Gasteiger partial charge in [0.15, 0.2) is 0 Å². The van der Waals surface area contributed by atoms with Crippen LogP contribution < -0.4 is 10.6 Å². The predicted octanol–water partition coefficient (Wildman–Crippen LogP) is 1.36. The second-order valence-electron chi connectivity index (χ2n) is 5.22. The number of hydrogen-bond donors (Lipinski definition) is 4. The van der Waals surface area contributed by atoms with Crippen molar-refractivity contribution in [3.63, 3.8) is 0 Å². The van der Waals surface area contributed by atoms with Gasteiger partial charge in [0.25, 0.3) is 5.91 Å². The third kappa shape index (κ3) is 3.17. The lowest BCUT2D eigenvalue weighted by atomic mass is 9.95. The zero-order valence-electron chi connectivity index (χ0n) is 11.2. The quantitative estimate of drug-likeness (QED) is 0.650. The highest BCUT2D eigenvalue weighted by Gasteiger charge is 2.26. The number of aromatic hydroxyl groups is 2. The summed E-state index contributed by atoms with van der Waals surface area (Å²) in [5.74, 6) is -0.580. The van der Waals surface area contributed by atoms with Gasteiger partial charge >= 0.3 is 0 Å². The number of rotatable bonds is 2. The van der Waals surface area contributed by atoms with Gasteiger partial charge in [-0.05, 0) is 38.8 Å². The number of carbonyl (C=O) groups excluding carboxylic acids is 1. The highest BCUT2D eigenvalue weighted by molar-refractivity contribution is 5.97. The highest BCUT2D eigenvalue weighted by Crippen LogP contribution is 2.23. The van der Waals surface area contributed by atoms with Gasteiger partial charge in [-0.3, -0.25) is 4.79 Å². The Labute approximate surface area is 112 Å². The summed E-state index contributed by atoms with van der Waals surface area (Å²) < 4.78 is 0. The molecule has 4 N–H and O–H groups in total. The first-order chi connectivity index (χ1) is 8.97. The van der Waals surface area contributed by atoms with Crippen LogP contribution in [0.4, 0.5) is 0 Å². The topological polar surface area (TPSA) is 81.6 Å². The van der Waals surface area contributed by atoms with E-state index < -0.39 is 0 Å². The van der Waals surface area contributed by atoms with Gasteiger partial charge in [-0.1, -0.05) is 0 Å². The SMILES string of the molecule is CC1CCC(NC(=O)c2ccc(O)cc2O)C(C)N1. The molecule has 5 heteroatoms. The molecule has 3 unspecified atom stereocenters. The minimum Gasteiger partial charge on any atom is -0.508 e. The molecule has 2 rings (SSSR count). The normalized spacial score (nSPS) is 26.9. The van der Waals surface area contributed by atoms with Gasteiger partial charge in [-0.15, -0.1) is 0 Å². The maximum absolute atomic E-state index is 12.1. The maximum atomic E-state index is 12.1. The molecule has 3 atom stereocenters. The Balaban J connectivity index is 2.04. The van der Waals surface area contributed by atoms with Gasteiger partial charge in [-0.25, -0.2) is 0 Å². The summed E-state index contributed by atoms with van der Waals surface area (Å²) in [6.45, 7) is 4.16. The van der Waals surface area contributed by atoms with Crippen molar-refractivity contribution < 1.29 is 15.0 Å². The Morgan fingerprint density at radius 1 is 1.32 bits per heavy atom. The minimum absolute atomic E-state index is 0.0527. The Kier molecular flexibility index (Phi) is 3.95. The molecule has 1 aliphatic heterocycles. The van der Waals surface area contributed by atoms with E-state index in [1.54, 1.807) is 0 Å². The molecule has 0 radical (unpaired) electrons. The van der Waals surface area contributed by atoms with Gasteiger partial charge in [-0.2, -0.15) is 0 Å². The van der Waals surface area contributed by atoms with Gasteiger partial charge in [0.2, 0.25) is 0 Å². The van der Waals surface area contributed by atoms with Crippen LogP contribution in [0.2, 0.25) is 0 Å². The van der Waals surface area contributed by atoms with Crippen LogP contribution in [0.1, 0.15) is 37.0 Å². The Morgan fingerprint density at radius 3 is 2.68 bits per heavy atom. The van der Waals surface area contributed by atoms with Crippen LogP contribution >= 0.6 is 0 Å². The van der Waals surface area contributed by atoms with Gasteiger partial charge in [0.1, 0.15) is 11.5 Å². The van der Waals surface area contributed by atoms with E-state index in [-0.39, 0.29) is 35.1 Å². The predicted molar refractivity (Wildman–Crippen MR) is 72.3 cm³/mol. The van der Waals surface area contributed by atoms with Crippen molar-refractivity contribution in [1.29, 1.82) is 0 Å². The molecule has 1 aliphatic rings. The Bertz CT molecular complexity index is 476. The molecule has 0 aromatic heterocycles. The lowest BCUT2D eigenvalue weighted by molar-refractivity contribution is 0.0911. The highest BCUT2D eigenvalue weighted by atomic mass is 16.3. The monoisotopic (exact) mass is 264 g/mol. The van der Waals surface area contributed by atoms with Crippen LogP contribution in [0, 0.1) is 0 Å². The molecule has 1 fully saturated rings. The molecule has 0 bridgehead atoms. The van der Waals surface area contributed by atoms with E-state index in [4.69, 9.17) is 0 Å². The van der Waals surface area contributed by atoms with Gasteiger partial charge in [0.05, 0.1) is 5.56 Å². The van der Waals surface area contributed by atoms with Crippen molar-refractivity contribution in [1.82, 2.24) is 10.6 Å². The number of phenolic OH excluding ortho intramolecular Hbond substituents is 2. The number of phenols is 2. The first kappa shape index (κ1) is 13.7. The number of piperidine rings is 1. The van der Waals surface area contributed by atoms with E-state index >= 15 is 0 Å². The summed E-state index contributed by atoms with van der Waals surface area (Å²) in [7, 11) is 0. The zero-order chi connectivity index (χ0) is 14.0. The molecular weight excluding hydrogens is 244 g/mol. The maximum Gasteiger partial charge on any atom is 0.255 e. The molecule has 104 valence electrons. The van der Waals surface area contributed by atoms with Crippen molar-refractivity contribution in [2.24, 2.45) is 0 Å². The smallest absolute Gasteiger partial charge is 0.255 e. The van der Waals surface area contributed by atoms with Gasteiger partial charge in [0, 0.05) is 24.2 Å². The Hall–Kier alpha value is -1.75. The second-order valence-corrected chi connectivity index (χ2v) is 5.22. The van der Waals surface area contributed by atoms with E-state index in [0.717, 1.165) is 12.8 Å². The number of carbonyl (C=O) groups is 1. The molecule has 0 aliphatic carbocycles. The number of amides is 1. The van der Waals surface area contributed by atoms with E-state index in [1.807, 2.05) is 6.92 Å². The largest absolute Gasteiger partial charge is 0.508 e. The van der Waals surface area contributed by atoms with Crippen molar-refractivity contribution >= 4 is 5.91 Å². The average molecular weight is 264 g/mol. The summed E-state index contributed by atoms with van der Waals surface area (Å²) in [6, 6.07) is 4.69. The van der Waals surface area contributed by atoms with E-state index in [1.165, 1.54) is 18.2 Å². The molecule has 19 heavy (non-hydrogen) atoms. The molecule has 0 saturated carbocycles. The van der Waals surface area contributed by atoms with Crippen LogP contribution in [-0.2, 0) is 0 Å². The van der Waals surface area contributed by atoms with Crippen LogP contribution in [0.3, 0.4) is 0 Å². The number of benzene rings is 1. The zero-order valence-corrected chi connectivity index (χ0v) is 11.2. The molecule has 1 heterocycles. The molecule has 0 spiro atoms. The summed E-state index contributed by atoms with van der Waals surface area (Å²) in [4.78, 5) is 12.1. The third-order valence-corrected chi connectivity index (χ3v) is 3.60. The standard InChI is InChI=1S/C14H20N2O3/c1-8-3-6-12(9(2)15-8)16-14(19)11-5-4-10(17)7-13(11)18/h4-5,7-9,12,15,17-18H,3,6H2,1-2H3,(H,16,19). The summed E-state index contributed by atoms with van der Waals surface area (Å²) in [5, 5.41) is 25.2. The molecule has 1 aromatic rings. The fourth-order valence-electron chi connectivity index (χ4n) is 2.48. The fourth-order valence-corrected chi connectivity index (χ4v) is 2.48. The lowest BCUT2D eigenvalue weighted by Crippen LogP contribution is -2.54. The van der Waals surface area contributed by atoms with E-state index in [2.05, 4.69) is 17.6 Å². The molecule has 1 saturated heterocycles. The number of hydrogen-bond acceptors (Lipinski definition) is 4. The fraction of sp³-hybridized carbons (Fsp3) is 0.500. The first-order valence-electron chi connectivity index (χ1n) is 6.56. The van der Waals surface area contributed by atoms with Crippen LogP contribution in [-0.4, -0.2) is 34.2 Å². The van der Waals surface area contributed by atoms with Crippen LogP contribution in [0.15, 0.2) is 18.2 Å².